The van der Waals surface area contributed by atoms with Gasteiger partial charge < -0.3 is 19.4 Å². The Morgan fingerprint density at radius 3 is 2.10 bits per heavy atom. The average molecular weight is 285 g/mol. The maximum atomic E-state index is 12.5. The fourth-order valence-corrected chi connectivity index (χ4v) is 1.99. The molecular formula is C16H13O5-. The number of benzene rings is 2. The van der Waals surface area contributed by atoms with E-state index in [0.717, 1.165) is 0 Å². The van der Waals surface area contributed by atoms with Gasteiger partial charge in [-0.2, -0.15) is 0 Å². The van der Waals surface area contributed by atoms with Crippen molar-refractivity contribution in [1.82, 2.24) is 0 Å². The van der Waals surface area contributed by atoms with E-state index in [1.165, 1.54) is 38.5 Å². The number of carboxylic acid groups (broad SMARTS) is 1. The summed E-state index contributed by atoms with van der Waals surface area (Å²) in [5.41, 5.74) is 0.239. The molecule has 2 aromatic rings. The third-order valence-electron chi connectivity index (χ3n) is 3.04. The molecule has 0 bridgehead atoms. The van der Waals surface area contributed by atoms with Crippen molar-refractivity contribution in [1.29, 1.82) is 0 Å². The number of carbonyl (C=O) groups excluding carboxylic acids is 2. The number of rotatable bonds is 5. The van der Waals surface area contributed by atoms with Crippen LogP contribution < -0.4 is 14.6 Å². The predicted octanol–water partition coefficient (Wildman–Crippen LogP) is 1.30. The summed E-state index contributed by atoms with van der Waals surface area (Å²) in [4.78, 5) is 23.5. The fourth-order valence-electron chi connectivity index (χ4n) is 1.99. The minimum atomic E-state index is -1.39. The van der Waals surface area contributed by atoms with E-state index in [4.69, 9.17) is 9.47 Å². The van der Waals surface area contributed by atoms with Crippen molar-refractivity contribution in [2.24, 2.45) is 0 Å². The lowest BCUT2D eigenvalue weighted by Gasteiger charge is -2.11. The SMILES string of the molecule is COc1ccc(C(=O)c2ccccc2C(=O)[O-])cc1OC. The molecule has 0 unspecified atom stereocenters. The van der Waals surface area contributed by atoms with E-state index in [0.29, 0.717) is 17.1 Å². The molecule has 0 aliphatic carbocycles. The molecule has 5 heteroatoms. The summed E-state index contributed by atoms with van der Waals surface area (Å²) in [5.74, 6) is -0.924. The number of ketones is 1. The maximum Gasteiger partial charge on any atom is 0.193 e. The van der Waals surface area contributed by atoms with Crippen LogP contribution >= 0.6 is 0 Å². The van der Waals surface area contributed by atoms with Gasteiger partial charge in [-0.1, -0.05) is 24.3 Å². The second kappa shape index (κ2) is 6.09. The van der Waals surface area contributed by atoms with Gasteiger partial charge in [-0.25, -0.2) is 0 Å². The van der Waals surface area contributed by atoms with Crippen LogP contribution in [0.3, 0.4) is 0 Å². The van der Waals surface area contributed by atoms with Gasteiger partial charge in [0.1, 0.15) is 0 Å². The van der Waals surface area contributed by atoms with Crippen LogP contribution in [0, 0.1) is 0 Å². The Morgan fingerprint density at radius 2 is 1.52 bits per heavy atom. The van der Waals surface area contributed by atoms with Crippen LogP contribution in [0.15, 0.2) is 42.5 Å². The summed E-state index contributed by atoms with van der Waals surface area (Å²) in [6.07, 6.45) is 0. The summed E-state index contributed by atoms with van der Waals surface area (Å²) < 4.78 is 10.2. The third kappa shape index (κ3) is 2.86. The Kier molecular flexibility index (Phi) is 4.23. The van der Waals surface area contributed by atoms with Crippen molar-refractivity contribution in [3.05, 3.63) is 59.2 Å². The van der Waals surface area contributed by atoms with Crippen molar-refractivity contribution in [3.8, 4) is 11.5 Å². The molecule has 0 aromatic heterocycles. The summed E-state index contributed by atoms with van der Waals surface area (Å²) >= 11 is 0. The first-order chi connectivity index (χ1) is 10.1. The molecule has 0 fully saturated rings. The molecule has 0 aliphatic heterocycles. The molecule has 0 N–H and O–H groups in total. The summed E-state index contributed by atoms with van der Waals surface area (Å²) in [6, 6.07) is 10.6. The number of hydrogen-bond acceptors (Lipinski definition) is 5. The zero-order chi connectivity index (χ0) is 15.4. The number of aromatic carboxylic acids is 1. The smallest absolute Gasteiger partial charge is 0.193 e. The van der Waals surface area contributed by atoms with Gasteiger partial charge in [-0.15, -0.1) is 0 Å². The number of methoxy groups -OCH3 is 2. The number of carbonyl (C=O) groups is 2. The van der Waals surface area contributed by atoms with Crippen molar-refractivity contribution < 1.29 is 24.2 Å². The standard InChI is InChI=1S/C16H14O5/c1-20-13-8-7-10(9-14(13)21-2)15(17)11-5-3-4-6-12(11)16(18)19/h3-9H,1-2H3,(H,18,19)/p-1. The van der Waals surface area contributed by atoms with Gasteiger partial charge in [0.15, 0.2) is 17.3 Å². The first kappa shape index (κ1) is 14.6. The minimum absolute atomic E-state index is 0.0738. The van der Waals surface area contributed by atoms with Crippen LogP contribution in [0.5, 0.6) is 11.5 Å². The molecule has 2 rings (SSSR count). The molecule has 0 heterocycles. The van der Waals surface area contributed by atoms with E-state index in [2.05, 4.69) is 0 Å². The van der Waals surface area contributed by atoms with Gasteiger partial charge in [0.25, 0.3) is 0 Å². The second-order valence-electron chi connectivity index (χ2n) is 4.23. The first-order valence-electron chi connectivity index (χ1n) is 6.15. The Bertz CT molecular complexity index is 691. The van der Waals surface area contributed by atoms with Crippen LogP contribution in [0.4, 0.5) is 0 Å². The van der Waals surface area contributed by atoms with Crippen LogP contribution in [-0.4, -0.2) is 26.0 Å². The highest BCUT2D eigenvalue weighted by Crippen LogP contribution is 2.28. The van der Waals surface area contributed by atoms with Gasteiger partial charge in [-0.05, 0) is 18.2 Å². The quantitative estimate of drug-likeness (QED) is 0.774. The zero-order valence-electron chi connectivity index (χ0n) is 11.6. The number of ether oxygens (including phenoxy) is 2. The van der Waals surface area contributed by atoms with Gasteiger partial charge in [-0.3, -0.25) is 4.79 Å². The highest BCUT2D eigenvalue weighted by Gasteiger charge is 2.16. The molecule has 0 amide bonds. The van der Waals surface area contributed by atoms with E-state index >= 15 is 0 Å². The van der Waals surface area contributed by atoms with Crippen LogP contribution in [-0.2, 0) is 0 Å². The molecule has 2 aromatic carbocycles. The summed E-state index contributed by atoms with van der Waals surface area (Å²) in [7, 11) is 2.95. The lowest BCUT2D eigenvalue weighted by molar-refractivity contribution is -0.255. The molecule has 21 heavy (non-hydrogen) atoms. The normalized spacial score (nSPS) is 10.0. The van der Waals surface area contributed by atoms with Crippen molar-refractivity contribution in [2.75, 3.05) is 14.2 Å². The molecular weight excluding hydrogens is 272 g/mol. The molecule has 108 valence electrons. The second-order valence-corrected chi connectivity index (χ2v) is 4.23. The first-order valence-corrected chi connectivity index (χ1v) is 6.15. The number of carboxylic acids is 1. The van der Waals surface area contributed by atoms with Gasteiger partial charge in [0.05, 0.1) is 20.2 Å². The number of hydrogen-bond donors (Lipinski definition) is 0. The topological polar surface area (TPSA) is 75.7 Å². The van der Waals surface area contributed by atoms with Crippen molar-refractivity contribution in [3.63, 3.8) is 0 Å². The van der Waals surface area contributed by atoms with Crippen LogP contribution in [0.1, 0.15) is 26.3 Å². The molecule has 0 saturated heterocycles. The lowest BCUT2D eigenvalue weighted by atomic mass is 9.98. The fraction of sp³-hybridized carbons (Fsp3) is 0.125. The summed E-state index contributed by atoms with van der Waals surface area (Å²) in [6.45, 7) is 0. The van der Waals surface area contributed by atoms with Crippen LogP contribution in [0.2, 0.25) is 0 Å². The lowest BCUT2D eigenvalue weighted by Crippen LogP contribution is -2.25. The molecule has 0 atom stereocenters. The summed E-state index contributed by atoms with van der Waals surface area (Å²) in [5, 5.41) is 11.1. The Hall–Kier alpha value is -2.82. The highest BCUT2D eigenvalue weighted by molar-refractivity contribution is 6.14. The molecule has 0 aliphatic rings. The van der Waals surface area contributed by atoms with E-state index in [1.807, 2.05) is 0 Å². The van der Waals surface area contributed by atoms with Gasteiger partial charge in [0.2, 0.25) is 0 Å². The molecule has 0 saturated carbocycles. The minimum Gasteiger partial charge on any atom is -0.545 e. The highest BCUT2D eigenvalue weighted by atomic mass is 16.5. The van der Waals surface area contributed by atoms with Crippen molar-refractivity contribution in [2.45, 2.75) is 0 Å². The Morgan fingerprint density at radius 1 is 0.905 bits per heavy atom. The monoisotopic (exact) mass is 285 g/mol. The molecule has 5 nitrogen and oxygen atoms in total. The Labute approximate surface area is 121 Å². The maximum absolute atomic E-state index is 12.5. The van der Waals surface area contributed by atoms with Crippen LogP contribution in [0.25, 0.3) is 0 Å². The predicted molar refractivity (Wildman–Crippen MR) is 73.8 cm³/mol. The third-order valence-corrected chi connectivity index (χ3v) is 3.04. The van der Waals surface area contributed by atoms with E-state index in [9.17, 15) is 14.7 Å². The molecule has 0 spiro atoms. The Balaban J connectivity index is 2.48. The van der Waals surface area contributed by atoms with Crippen molar-refractivity contribution >= 4 is 11.8 Å². The van der Waals surface area contributed by atoms with E-state index in [-0.39, 0.29) is 11.1 Å². The van der Waals surface area contributed by atoms with Gasteiger partial charge in [0, 0.05) is 16.7 Å². The van der Waals surface area contributed by atoms with Gasteiger partial charge >= 0.3 is 0 Å². The van der Waals surface area contributed by atoms with E-state index in [1.54, 1.807) is 18.2 Å². The largest absolute Gasteiger partial charge is 0.545 e. The molecule has 0 radical (unpaired) electrons. The zero-order valence-corrected chi connectivity index (χ0v) is 11.6. The average Bonchev–Trinajstić information content (AvgIpc) is 2.53. The van der Waals surface area contributed by atoms with E-state index < -0.39 is 11.8 Å².